The van der Waals surface area contributed by atoms with E-state index in [0.29, 0.717) is 6.42 Å². The van der Waals surface area contributed by atoms with Crippen molar-refractivity contribution in [2.24, 2.45) is 0 Å². The van der Waals surface area contributed by atoms with E-state index < -0.39 is 0 Å². The lowest BCUT2D eigenvalue weighted by atomic mass is 10.1. The summed E-state index contributed by atoms with van der Waals surface area (Å²) in [5.41, 5.74) is 1.95. The number of hydrogen-bond acceptors (Lipinski definition) is 2. The van der Waals surface area contributed by atoms with Gasteiger partial charge in [-0.25, -0.2) is 0 Å². The third kappa shape index (κ3) is 1.71. The van der Waals surface area contributed by atoms with E-state index in [0.717, 1.165) is 30.0 Å². The number of fused-ring (bicyclic) bond motifs is 1. The second-order valence-corrected chi connectivity index (χ2v) is 3.39. The van der Waals surface area contributed by atoms with Crippen molar-refractivity contribution < 1.29 is 9.53 Å². The summed E-state index contributed by atoms with van der Waals surface area (Å²) in [6, 6.07) is 5.72. The van der Waals surface area contributed by atoms with Crippen LogP contribution in [0.4, 0.5) is 5.69 Å². The summed E-state index contributed by atoms with van der Waals surface area (Å²) in [4.78, 5) is 11.1. The first-order valence-electron chi connectivity index (χ1n) is 4.85. The van der Waals surface area contributed by atoms with Gasteiger partial charge < -0.3 is 10.1 Å². The smallest absolute Gasteiger partial charge is 0.228 e. The molecule has 1 aromatic carbocycles. The van der Waals surface area contributed by atoms with Gasteiger partial charge in [0.05, 0.1) is 13.0 Å². The molecule has 2 rings (SSSR count). The van der Waals surface area contributed by atoms with Crippen LogP contribution in [-0.2, 0) is 11.2 Å². The number of ether oxygens (including phenoxy) is 1. The zero-order valence-corrected chi connectivity index (χ0v) is 8.17. The largest absolute Gasteiger partial charge is 0.494 e. The Morgan fingerprint density at radius 2 is 2.36 bits per heavy atom. The molecule has 0 atom stereocenters. The van der Waals surface area contributed by atoms with Gasteiger partial charge in [-0.1, -0.05) is 6.92 Å². The van der Waals surface area contributed by atoms with Gasteiger partial charge in [0, 0.05) is 5.69 Å². The lowest BCUT2D eigenvalue weighted by Crippen LogP contribution is -2.03. The molecular formula is C11H13NO2. The number of benzene rings is 1. The number of anilines is 1. The summed E-state index contributed by atoms with van der Waals surface area (Å²) in [6.45, 7) is 2.79. The van der Waals surface area contributed by atoms with Crippen molar-refractivity contribution in [1.82, 2.24) is 0 Å². The van der Waals surface area contributed by atoms with Crippen molar-refractivity contribution in [2.75, 3.05) is 11.9 Å². The molecule has 0 saturated heterocycles. The molecule has 0 fully saturated rings. The Bertz CT molecular complexity index is 360. The Kier molecular flexibility index (Phi) is 2.39. The average molecular weight is 191 g/mol. The van der Waals surface area contributed by atoms with E-state index >= 15 is 0 Å². The number of carbonyl (C=O) groups is 1. The molecule has 0 spiro atoms. The van der Waals surface area contributed by atoms with Gasteiger partial charge in [-0.05, 0) is 30.2 Å². The zero-order valence-electron chi connectivity index (χ0n) is 8.17. The lowest BCUT2D eigenvalue weighted by Gasteiger charge is -2.05. The predicted molar refractivity (Wildman–Crippen MR) is 54.6 cm³/mol. The van der Waals surface area contributed by atoms with Gasteiger partial charge in [0.2, 0.25) is 5.91 Å². The van der Waals surface area contributed by atoms with Crippen LogP contribution in [0.2, 0.25) is 0 Å². The number of rotatable bonds is 3. The summed E-state index contributed by atoms with van der Waals surface area (Å²) >= 11 is 0. The summed E-state index contributed by atoms with van der Waals surface area (Å²) in [5, 5.41) is 2.79. The van der Waals surface area contributed by atoms with E-state index in [2.05, 4.69) is 12.2 Å². The first kappa shape index (κ1) is 9.06. The molecule has 1 aliphatic heterocycles. The molecule has 3 nitrogen and oxygen atoms in total. The first-order valence-corrected chi connectivity index (χ1v) is 4.85. The predicted octanol–water partition coefficient (Wildman–Crippen LogP) is 1.97. The third-order valence-electron chi connectivity index (χ3n) is 2.17. The summed E-state index contributed by atoms with van der Waals surface area (Å²) in [6.07, 6.45) is 1.47. The Morgan fingerprint density at radius 3 is 3.14 bits per heavy atom. The fraction of sp³-hybridized carbons (Fsp3) is 0.364. The number of amides is 1. The van der Waals surface area contributed by atoms with Crippen LogP contribution in [-0.4, -0.2) is 12.5 Å². The highest BCUT2D eigenvalue weighted by Gasteiger charge is 2.17. The average Bonchev–Trinajstić information content (AvgIpc) is 2.54. The molecule has 0 unspecified atom stereocenters. The Labute approximate surface area is 83.1 Å². The molecule has 1 amide bonds. The van der Waals surface area contributed by atoms with Crippen molar-refractivity contribution >= 4 is 11.6 Å². The SMILES string of the molecule is CCCOc1ccc2c(c1)CC(=O)N2. The van der Waals surface area contributed by atoms with Gasteiger partial charge in [0.25, 0.3) is 0 Å². The van der Waals surface area contributed by atoms with Crippen molar-refractivity contribution in [3.63, 3.8) is 0 Å². The minimum absolute atomic E-state index is 0.0626. The zero-order chi connectivity index (χ0) is 9.97. The van der Waals surface area contributed by atoms with Gasteiger partial charge in [-0.3, -0.25) is 4.79 Å². The molecule has 0 aliphatic carbocycles. The Balaban J connectivity index is 2.16. The maximum Gasteiger partial charge on any atom is 0.228 e. The van der Waals surface area contributed by atoms with Crippen LogP contribution in [0.15, 0.2) is 18.2 Å². The van der Waals surface area contributed by atoms with Gasteiger partial charge in [-0.15, -0.1) is 0 Å². The highest BCUT2D eigenvalue weighted by atomic mass is 16.5. The molecule has 1 N–H and O–H groups in total. The van der Waals surface area contributed by atoms with E-state index in [-0.39, 0.29) is 5.91 Å². The second kappa shape index (κ2) is 3.70. The summed E-state index contributed by atoms with van der Waals surface area (Å²) in [5.74, 6) is 0.912. The van der Waals surface area contributed by atoms with Crippen LogP contribution in [0.5, 0.6) is 5.75 Å². The normalized spacial score (nSPS) is 13.6. The van der Waals surface area contributed by atoms with Crippen molar-refractivity contribution in [2.45, 2.75) is 19.8 Å². The van der Waals surface area contributed by atoms with Crippen molar-refractivity contribution in [3.8, 4) is 5.75 Å². The quantitative estimate of drug-likeness (QED) is 0.793. The molecule has 1 heterocycles. The minimum Gasteiger partial charge on any atom is -0.494 e. The number of nitrogens with one attached hydrogen (secondary N) is 1. The lowest BCUT2D eigenvalue weighted by molar-refractivity contribution is -0.115. The standard InChI is InChI=1S/C11H13NO2/c1-2-5-14-9-3-4-10-8(6-9)7-11(13)12-10/h3-4,6H,2,5,7H2,1H3,(H,12,13). The van der Waals surface area contributed by atoms with Crippen LogP contribution in [0.3, 0.4) is 0 Å². The van der Waals surface area contributed by atoms with Gasteiger partial charge in [0.1, 0.15) is 5.75 Å². The first-order chi connectivity index (χ1) is 6.79. The maximum absolute atomic E-state index is 11.1. The second-order valence-electron chi connectivity index (χ2n) is 3.39. The molecule has 0 aromatic heterocycles. The molecular weight excluding hydrogens is 178 g/mol. The van der Waals surface area contributed by atoms with Crippen LogP contribution in [0, 0.1) is 0 Å². The van der Waals surface area contributed by atoms with E-state index in [1.54, 1.807) is 0 Å². The van der Waals surface area contributed by atoms with Crippen molar-refractivity contribution in [3.05, 3.63) is 23.8 Å². The van der Waals surface area contributed by atoms with E-state index in [1.807, 2.05) is 18.2 Å². The fourth-order valence-corrected chi connectivity index (χ4v) is 1.52. The molecule has 14 heavy (non-hydrogen) atoms. The van der Waals surface area contributed by atoms with E-state index in [9.17, 15) is 4.79 Å². The summed E-state index contributed by atoms with van der Waals surface area (Å²) in [7, 11) is 0. The molecule has 74 valence electrons. The molecule has 0 saturated carbocycles. The van der Waals surface area contributed by atoms with Gasteiger partial charge >= 0.3 is 0 Å². The van der Waals surface area contributed by atoms with E-state index in [4.69, 9.17) is 4.74 Å². The van der Waals surface area contributed by atoms with Gasteiger partial charge in [-0.2, -0.15) is 0 Å². The molecule has 1 aliphatic rings. The number of carbonyl (C=O) groups excluding carboxylic acids is 1. The summed E-state index contributed by atoms with van der Waals surface area (Å²) < 4.78 is 5.48. The van der Waals surface area contributed by atoms with Gasteiger partial charge in [0.15, 0.2) is 0 Å². The van der Waals surface area contributed by atoms with Crippen LogP contribution in [0.1, 0.15) is 18.9 Å². The van der Waals surface area contributed by atoms with Crippen LogP contribution in [0.25, 0.3) is 0 Å². The minimum atomic E-state index is 0.0626. The highest BCUT2D eigenvalue weighted by Crippen LogP contribution is 2.27. The molecule has 0 bridgehead atoms. The maximum atomic E-state index is 11.1. The highest BCUT2D eigenvalue weighted by molar-refractivity contribution is 5.99. The molecule has 3 heteroatoms. The molecule has 0 radical (unpaired) electrons. The topological polar surface area (TPSA) is 38.3 Å². The van der Waals surface area contributed by atoms with Crippen LogP contribution < -0.4 is 10.1 Å². The third-order valence-corrected chi connectivity index (χ3v) is 2.17. The fourth-order valence-electron chi connectivity index (χ4n) is 1.52. The monoisotopic (exact) mass is 191 g/mol. The Hall–Kier alpha value is -1.51. The molecule has 1 aromatic rings. The van der Waals surface area contributed by atoms with Crippen molar-refractivity contribution in [1.29, 1.82) is 0 Å². The Morgan fingerprint density at radius 1 is 1.50 bits per heavy atom. The van der Waals surface area contributed by atoms with E-state index in [1.165, 1.54) is 0 Å². The van der Waals surface area contributed by atoms with Crippen LogP contribution >= 0.6 is 0 Å². The number of hydrogen-bond donors (Lipinski definition) is 1.